The molecule has 5 nitrogen and oxygen atoms in total. The number of hydrogen-bond acceptors (Lipinski definition) is 3. The van der Waals surface area contributed by atoms with Crippen LogP contribution in [0.3, 0.4) is 0 Å². The van der Waals surface area contributed by atoms with E-state index in [4.69, 9.17) is 5.73 Å². The van der Waals surface area contributed by atoms with Crippen molar-refractivity contribution < 1.29 is 0 Å². The van der Waals surface area contributed by atoms with Gasteiger partial charge in [-0.3, -0.25) is 9.48 Å². The molecule has 0 aliphatic heterocycles. The fourth-order valence-electron chi connectivity index (χ4n) is 1.41. The minimum atomic E-state index is -0.141. The van der Waals surface area contributed by atoms with Crippen molar-refractivity contribution in [2.45, 2.75) is 6.54 Å². The van der Waals surface area contributed by atoms with Crippen LogP contribution < -0.4 is 11.2 Å². The van der Waals surface area contributed by atoms with Crippen molar-refractivity contribution in [2.75, 3.05) is 5.73 Å². The Labute approximate surface area is 86.8 Å². The molecule has 2 aromatic rings. The molecule has 5 heteroatoms. The van der Waals surface area contributed by atoms with Crippen molar-refractivity contribution in [2.24, 2.45) is 7.05 Å². The van der Waals surface area contributed by atoms with Gasteiger partial charge in [0.1, 0.15) is 0 Å². The third kappa shape index (κ3) is 2.07. The summed E-state index contributed by atoms with van der Waals surface area (Å²) < 4.78 is 3.59. The van der Waals surface area contributed by atoms with Crippen LogP contribution in [0.15, 0.2) is 35.6 Å². The summed E-state index contributed by atoms with van der Waals surface area (Å²) >= 11 is 0. The highest BCUT2D eigenvalue weighted by molar-refractivity contribution is 5.33. The summed E-state index contributed by atoms with van der Waals surface area (Å²) in [6.07, 6.45) is 7.06. The van der Waals surface area contributed by atoms with Gasteiger partial charge in [-0.25, -0.2) is 0 Å². The number of pyridine rings is 1. The summed E-state index contributed by atoms with van der Waals surface area (Å²) in [5, 5.41) is 4.06. The fourth-order valence-corrected chi connectivity index (χ4v) is 1.41. The zero-order valence-electron chi connectivity index (χ0n) is 8.42. The highest BCUT2D eigenvalue weighted by Crippen LogP contribution is 2.01. The van der Waals surface area contributed by atoms with Crippen molar-refractivity contribution in [3.05, 3.63) is 46.6 Å². The smallest absolute Gasteiger partial charge is 0.204 e. The molecule has 0 aromatic carbocycles. The Kier molecular flexibility index (Phi) is 2.29. The zero-order valence-corrected chi connectivity index (χ0v) is 8.42. The van der Waals surface area contributed by atoms with E-state index in [1.807, 2.05) is 17.8 Å². The second-order valence-electron chi connectivity index (χ2n) is 3.46. The van der Waals surface area contributed by atoms with Gasteiger partial charge in [-0.1, -0.05) is 0 Å². The highest BCUT2D eigenvalue weighted by atomic mass is 16.1. The lowest BCUT2D eigenvalue weighted by molar-refractivity contribution is 0.761. The van der Waals surface area contributed by atoms with Crippen LogP contribution in [0.5, 0.6) is 0 Å². The predicted octanol–water partition coefficient (Wildman–Crippen LogP) is 0.212. The lowest BCUT2D eigenvalue weighted by Crippen LogP contribution is -2.11. The van der Waals surface area contributed by atoms with Gasteiger partial charge in [-0.2, -0.15) is 5.10 Å². The van der Waals surface area contributed by atoms with Crippen LogP contribution >= 0.6 is 0 Å². The number of rotatable bonds is 2. The van der Waals surface area contributed by atoms with Crippen LogP contribution in [0.25, 0.3) is 0 Å². The molecule has 2 heterocycles. The van der Waals surface area contributed by atoms with E-state index in [1.54, 1.807) is 23.3 Å². The van der Waals surface area contributed by atoms with Gasteiger partial charge in [-0.15, -0.1) is 0 Å². The molecule has 78 valence electrons. The van der Waals surface area contributed by atoms with Crippen LogP contribution in [0.1, 0.15) is 5.56 Å². The van der Waals surface area contributed by atoms with E-state index in [0.29, 0.717) is 6.54 Å². The highest BCUT2D eigenvalue weighted by Gasteiger charge is 1.98. The minimum Gasteiger partial charge on any atom is -0.394 e. The topological polar surface area (TPSA) is 65.8 Å². The van der Waals surface area contributed by atoms with Crippen LogP contribution in [-0.4, -0.2) is 14.3 Å². The van der Waals surface area contributed by atoms with Crippen LogP contribution in [0, 0.1) is 0 Å². The van der Waals surface area contributed by atoms with Crippen LogP contribution in [-0.2, 0) is 13.6 Å². The lowest BCUT2D eigenvalue weighted by atomic mass is 10.3. The van der Waals surface area contributed by atoms with Gasteiger partial charge >= 0.3 is 0 Å². The maximum absolute atomic E-state index is 11.1. The quantitative estimate of drug-likeness (QED) is 0.760. The first kappa shape index (κ1) is 9.51. The third-order valence-electron chi connectivity index (χ3n) is 2.13. The Bertz CT molecular complexity index is 526. The number of nitrogens with zero attached hydrogens (tertiary/aromatic N) is 3. The van der Waals surface area contributed by atoms with E-state index in [0.717, 1.165) is 5.56 Å². The number of anilines is 1. The molecule has 0 radical (unpaired) electrons. The van der Waals surface area contributed by atoms with Gasteiger partial charge in [0, 0.05) is 37.3 Å². The van der Waals surface area contributed by atoms with Crippen molar-refractivity contribution in [1.82, 2.24) is 14.3 Å². The molecule has 15 heavy (non-hydrogen) atoms. The Morgan fingerprint density at radius 1 is 1.47 bits per heavy atom. The van der Waals surface area contributed by atoms with Gasteiger partial charge in [-0.05, 0) is 0 Å². The van der Waals surface area contributed by atoms with Gasteiger partial charge in [0.25, 0.3) is 0 Å². The van der Waals surface area contributed by atoms with E-state index in [1.165, 1.54) is 6.07 Å². The summed E-state index contributed by atoms with van der Waals surface area (Å²) in [5.74, 6) is 0. The van der Waals surface area contributed by atoms with E-state index in [-0.39, 0.29) is 11.1 Å². The van der Waals surface area contributed by atoms with Crippen molar-refractivity contribution >= 4 is 5.69 Å². The fraction of sp³-hybridized carbons (Fsp3) is 0.200. The molecule has 0 saturated carbocycles. The molecule has 2 aromatic heterocycles. The van der Waals surface area contributed by atoms with Gasteiger partial charge < -0.3 is 10.3 Å². The van der Waals surface area contributed by atoms with E-state index in [9.17, 15) is 4.79 Å². The molecule has 0 aliphatic carbocycles. The van der Waals surface area contributed by atoms with Crippen molar-refractivity contribution in [3.8, 4) is 0 Å². The maximum Gasteiger partial charge on any atom is 0.204 e. The summed E-state index contributed by atoms with van der Waals surface area (Å²) in [5.41, 5.74) is 6.72. The molecule has 0 amide bonds. The molecule has 0 aliphatic rings. The molecule has 0 fully saturated rings. The number of nitrogen functional groups attached to an aromatic ring is 1. The zero-order chi connectivity index (χ0) is 10.8. The average Bonchev–Trinajstić information content (AvgIpc) is 2.58. The second kappa shape index (κ2) is 3.61. The Balaban J connectivity index is 2.25. The van der Waals surface area contributed by atoms with E-state index in [2.05, 4.69) is 5.10 Å². The summed E-state index contributed by atoms with van der Waals surface area (Å²) in [7, 11) is 1.86. The molecule has 0 unspecified atom stereocenters. The lowest BCUT2D eigenvalue weighted by Gasteiger charge is -2.04. The van der Waals surface area contributed by atoms with Crippen LogP contribution in [0.2, 0.25) is 0 Å². The average molecular weight is 204 g/mol. The molecule has 2 rings (SSSR count). The molecule has 0 bridgehead atoms. The van der Waals surface area contributed by atoms with Crippen molar-refractivity contribution in [3.63, 3.8) is 0 Å². The summed E-state index contributed by atoms with van der Waals surface area (Å²) in [6.45, 7) is 0.665. The first-order valence-electron chi connectivity index (χ1n) is 4.58. The number of nitrogens with two attached hydrogens (primary N) is 1. The summed E-state index contributed by atoms with van der Waals surface area (Å²) in [6, 6.07) is 1.46. The van der Waals surface area contributed by atoms with Crippen LogP contribution in [0.4, 0.5) is 5.69 Å². The van der Waals surface area contributed by atoms with Gasteiger partial charge in [0.05, 0.1) is 18.4 Å². The van der Waals surface area contributed by atoms with Gasteiger partial charge in [0.2, 0.25) is 5.43 Å². The normalized spacial score (nSPS) is 10.5. The van der Waals surface area contributed by atoms with E-state index < -0.39 is 0 Å². The molecule has 0 spiro atoms. The SMILES string of the molecule is Cn1cc(Cn2ccc(=O)c(N)c2)cn1. The minimum absolute atomic E-state index is 0.141. The number of aryl methyl sites for hydroxylation is 1. The first-order chi connectivity index (χ1) is 7.15. The second-order valence-corrected chi connectivity index (χ2v) is 3.46. The molecular formula is C10H12N4O. The largest absolute Gasteiger partial charge is 0.394 e. The Hall–Kier alpha value is -2.04. The Morgan fingerprint density at radius 2 is 2.27 bits per heavy atom. The molecular weight excluding hydrogens is 192 g/mol. The Morgan fingerprint density at radius 3 is 2.87 bits per heavy atom. The van der Waals surface area contributed by atoms with Crippen molar-refractivity contribution in [1.29, 1.82) is 0 Å². The first-order valence-corrected chi connectivity index (χ1v) is 4.58. The predicted molar refractivity (Wildman–Crippen MR) is 57.4 cm³/mol. The van der Waals surface area contributed by atoms with E-state index >= 15 is 0 Å². The number of hydrogen-bond donors (Lipinski definition) is 1. The molecule has 2 N–H and O–H groups in total. The maximum atomic E-state index is 11.1. The molecule has 0 atom stereocenters. The monoisotopic (exact) mass is 204 g/mol. The third-order valence-corrected chi connectivity index (χ3v) is 2.13. The summed E-state index contributed by atoms with van der Waals surface area (Å²) in [4.78, 5) is 11.1. The number of aromatic nitrogens is 3. The standard InChI is InChI=1S/C10H12N4O/c1-13-5-8(4-12-13)6-14-3-2-10(15)9(11)7-14/h2-5,7H,6,11H2,1H3. The molecule has 0 saturated heterocycles. The van der Waals surface area contributed by atoms with Gasteiger partial charge in [0.15, 0.2) is 0 Å².